The Bertz CT molecular complexity index is 901. The van der Waals surface area contributed by atoms with Crippen molar-refractivity contribution in [2.45, 2.75) is 32.2 Å². The normalized spacial score (nSPS) is 16.9. The molecule has 1 saturated carbocycles. The van der Waals surface area contributed by atoms with Gasteiger partial charge in [-0.2, -0.15) is 0 Å². The molecule has 2 amide bonds. The first-order chi connectivity index (χ1) is 15.2. The Morgan fingerprint density at radius 3 is 2.45 bits per heavy atom. The maximum absolute atomic E-state index is 12.9. The summed E-state index contributed by atoms with van der Waals surface area (Å²) in [6.45, 7) is 3.17. The Balaban J connectivity index is 1.36. The fourth-order valence-corrected chi connectivity index (χ4v) is 4.42. The largest absolute Gasteiger partial charge is 0.497 e. The Hall–Kier alpha value is -3.09. The van der Waals surface area contributed by atoms with Gasteiger partial charge >= 0.3 is 0 Å². The molecular formula is C24H30N4O3. The summed E-state index contributed by atoms with van der Waals surface area (Å²) < 4.78 is 5.17. The molecule has 1 N–H and O–H groups in total. The fraction of sp³-hybridized carbons (Fsp3) is 0.458. The minimum absolute atomic E-state index is 0.150. The van der Waals surface area contributed by atoms with Crippen LogP contribution in [-0.2, 0) is 11.3 Å². The van der Waals surface area contributed by atoms with Gasteiger partial charge in [0.1, 0.15) is 11.6 Å². The summed E-state index contributed by atoms with van der Waals surface area (Å²) in [4.78, 5) is 34.2. The van der Waals surface area contributed by atoms with Crippen molar-refractivity contribution in [2.24, 2.45) is 5.92 Å². The van der Waals surface area contributed by atoms with E-state index < -0.39 is 0 Å². The third-order valence-corrected chi connectivity index (χ3v) is 6.24. The monoisotopic (exact) mass is 422 g/mol. The van der Waals surface area contributed by atoms with Crippen LogP contribution in [0.15, 0.2) is 42.6 Å². The number of nitrogens with one attached hydrogen (secondary N) is 1. The van der Waals surface area contributed by atoms with Gasteiger partial charge in [0.25, 0.3) is 5.91 Å². The van der Waals surface area contributed by atoms with Crippen LogP contribution in [0.4, 0.5) is 5.82 Å². The van der Waals surface area contributed by atoms with Crippen molar-refractivity contribution in [3.8, 4) is 5.75 Å². The number of benzene rings is 1. The van der Waals surface area contributed by atoms with Crippen LogP contribution in [0.25, 0.3) is 0 Å². The van der Waals surface area contributed by atoms with Crippen molar-refractivity contribution in [3.05, 3.63) is 53.7 Å². The Kier molecular flexibility index (Phi) is 6.70. The average Bonchev–Trinajstić information content (AvgIpc) is 3.37. The predicted octanol–water partition coefficient (Wildman–Crippen LogP) is 2.86. The van der Waals surface area contributed by atoms with Crippen LogP contribution < -0.4 is 15.0 Å². The molecule has 2 aliphatic rings. The second kappa shape index (κ2) is 9.81. The second-order valence-corrected chi connectivity index (χ2v) is 8.20. The highest BCUT2D eigenvalue weighted by Gasteiger charge is 2.30. The molecule has 1 aromatic carbocycles. The van der Waals surface area contributed by atoms with E-state index in [-0.39, 0.29) is 11.8 Å². The van der Waals surface area contributed by atoms with Gasteiger partial charge in [0, 0.05) is 44.8 Å². The van der Waals surface area contributed by atoms with Crippen molar-refractivity contribution < 1.29 is 14.3 Å². The van der Waals surface area contributed by atoms with Gasteiger partial charge < -0.3 is 19.9 Å². The molecule has 2 fully saturated rings. The minimum atomic E-state index is -0.150. The summed E-state index contributed by atoms with van der Waals surface area (Å²) in [5, 5.41) is 2.99. The minimum Gasteiger partial charge on any atom is -0.497 e. The molecule has 7 heteroatoms. The van der Waals surface area contributed by atoms with Gasteiger partial charge in [-0.15, -0.1) is 0 Å². The Morgan fingerprint density at radius 2 is 1.77 bits per heavy atom. The molecule has 0 atom stereocenters. The van der Waals surface area contributed by atoms with E-state index in [2.05, 4.69) is 15.2 Å². The first-order valence-electron chi connectivity index (χ1n) is 11.1. The number of ether oxygens (including phenoxy) is 1. The van der Waals surface area contributed by atoms with Gasteiger partial charge in [-0.3, -0.25) is 9.59 Å². The van der Waals surface area contributed by atoms with Crippen molar-refractivity contribution >= 4 is 17.6 Å². The van der Waals surface area contributed by atoms with Gasteiger partial charge in [-0.1, -0.05) is 25.0 Å². The zero-order valence-corrected chi connectivity index (χ0v) is 18.0. The molecule has 7 nitrogen and oxygen atoms in total. The lowest BCUT2D eigenvalue weighted by Crippen LogP contribution is -2.50. The molecule has 2 heterocycles. The van der Waals surface area contributed by atoms with E-state index in [1.54, 1.807) is 19.4 Å². The zero-order chi connectivity index (χ0) is 21.6. The molecule has 0 spiro atoms. The number of carbonyl (C=O) groups excluding carboxylic acids is 2. The molecule has 1 aliphatic heterocycles. The SMILES string of the molecule is COc1ccc(CNC(=O)c2cccnc2N2CCN(C(=O)C3CCCC3)CC2)cc1. The summed E-state index contributed by atoms with van der Waals surface area (Å²) in [7, 11) is 1.63. The molecule has 0 bridgehead atoms. The Labute approximate surface area is 183 Å². The van der Waals surface area contributed by atoms with E-state index in [9.17, 15) is 9.59 Å². The molecule has 164 valence electrons. The van der Waals surface area contributed by atoms with Crippen LogP contribution in [0.5, 0.6) is 5.75 Å². The molecule has 1 aliphatic carbocycles. The quantitative estimate of drug-likeness (QED) is 0.775. The number of anilines is 1. The first kappa shape index (κ1) is 21.2. The molecule has 1 saturated heterocycles. The third kappa shape index (κ3) is 4.98. The van der Waals surface area contributed by atoms with E-state index in [1.165, 1.54) is 12.8 Å². The van der Waals surface area contributed by atoms with Gasteiger partial charge in [0.05, 0.1) is 12.7 Å². The van der Waals surface area contributed by atoms with E-state index in [0.717, 1.165) is 24.2 Å². The molecule has 0 unspecified atom stereocenters. The molecule has 2 aromatic rings. The molecule has 4 rings (SSSR count). The van der Waals surface area contributed by atoms with Gasteiger partial charge in [0.2, 0.25) is 5.91 Å². The Morgan fingerprint density at radius 1 is 1.06 bits per heavy atom. The van der Waals surface area contributed by atoms with Gasteiger partial charge in [0.15, 0.2) is 0 Å². The van der Waals surface area contributed by atoms with Crippen molar-refractivity contribution in [3.63, 3.8) is 0 Å². The molecule has 0 radical (unpaired) electrons. The van der Waals surface area contributed by atoms with E-state index >= 15 is 0 Å². The standard InChI is InChI=1S/C24H30N4O3/c1-31-20-10-8-18(9-11-20)17-26-23(29)21-7-4-12-25-22(21)27-13-15-28(16-14-27)24(30)19-5-2-3-6-19/h4,7-12,19H,2-3,5-6,13-17H2,1H3,(H,26,29). The van der Waals surface area contributed by atoms with Crippen LogP contribution in [0.3, 0.4) is 0 Å². The van der Waals surface area contributed by atoms with Crippen LogP contribution >= 0.6 is 0 Å². The molecule has 31 heavy (non-hydrogen) atoms. The zero-order valence-electron chi connectivity index (χ0n) is 18.0. The van der Waals surface area contributed by atoms with Crippen LogP contribution in [0.1, 0.15) is 41.6 Å². The number of nitrogens with zero attached hydrogens (tertiary/aromatic N) is 3. The molecular weight excluding hydrogens is 392 g/mol. The molecule has 1 aromatic heterocycles. The number of methoxy groups -OCH3 is 1. The van der Waals surface area contributed by atoms with Crippen molar-refractivity contribution in [1.82, 2.24) is 15.2 Å². The highest BCUT2D eigenvalue weighted by atomic mass is 16.5. The number of piperazine rings is 1. The number of rotatable bonds is 6. The first-order valence-corrected chi connectivity index (χ1v) is 11.1. The van der Waals surface area contributed by atoms with Gasteiger partial charge in [-0.05, 0) is 42.7 Å². The summed E-state index contributed by atoms with van der Waals surface area (Å²) in [5.41, 5.74) is 1.56. The van der Waals surface area contributed by atoms with Crippen molar-refractivity contribution in [1.29, 1.82) is 0 Å². The topological polar surface area (TPSA) is 74.8 Å². The summed E-state index contributed by atoms with van der Waals surface area (Å²) >= 11 is 0. The number of aromatic nitrogens is 1. The summed E-state index contributed by atoms with van der Waals surface area (Å²) in [6, 6.07) is 11.2. The summed E-state index contributed by atoms with van der Waals surface area (Å²) in [6.07, 6.45) is 6.10. The van der Waals surface area contributed by atoms with E-state index in [0.29, 0.717) is 50.0 Å². The number of amides is 2. The van der Waals surface area contributed by atoms with E-state index in [4.69, 9.17) is 4.74 Å². The second-order valence-electron chi connectivity index (χ2n) is 8.20. The van der Waals surface area contributed by atoms with Crippen molar-refractivity contribution in [2.75, 3.05) is 38.2 Å². The highest BCUT2D eigenvalue weighted by molar-refractivity contribution is 5.98. The third-order valence-electron chi connectivity index (χ3n) is 6.24. The van der Waals surface area contributed by atoms with Crippen LogP contribution in [-0.4, -0.2) is 55.0 Å². The smallest absolute Gasteiger partial charge is 0.255 e. The fourth-order valence-electron chi connectivity index (χ4n) is 4.42. The summed E-state index contributed by atoms with van der Waals surface area (Å²) in [5.74, 6) is 1.83. The maximum atomic E-state index is 12.9. The average molecular weight is 423 g/mol. The van der Waals surface area contributed by atoms with Crippen LogP contribution in [0.2, 0.25) is 0 Å². The lowest BCUT2D eigenvalue weighted by molar-refractivity contribution is -0.135. The lowest BCUT2D eigenvalue weighted by Gasteiger charge is -2.37. The highest BCUT2D eigenvalue weighted by Crippen LogP contribution is 2.27. The number of hydrogen-bond donors (Lipinski definition) is 1. The lowest BCUT2D eigenvalue weighted by atomic mass is 10.1. The van der Waals surface area contributed by atoms with Gasteiger partial charge in [-0.25, -0.2) is 4.98 Å². The number of pyridine rings is 1. The predicted molar refractivity (Wildman–Crippen MR) is 119 cm³/mol. The number of carbonyl (C=O) groups is 2. The maximum Gasteiger partial charge on any atom is 0.255 e. The van der Waals surface area contributed by atoms with E-state index in [1.807, 2.05) is 35.2 Å². The number of hydrogen-bond acceptors (Lipinski definition) is 5. The van der Waals surface area contributed by atoms with Crippen LogP contribution in [0, 0.1) is 5.92 Å².